The van der Waals surface area contributed by atoms with Gasteiger partial charge in [-0.1, -0.05) is 36.9 Å². The number of allylic oxidation sites excluding steroid dienone is 1. The van der Waals surface area contributed by atoms with Crippen LogP contribution in [0, 0.1) is 0 Å². The van der Waals surface area contributed by atoms with Crippen molar-refractivity contribution in [1.29, 1.82) is 0 Å². The predicted octanol–water partition coefficient (Wildman–Crippen LogP) is 5.20. The van der Waals surface area contributed by atoms with Crippen LogP contribution in [0.3, 0.4) is 0 Å². The van der Waals surface area contributed by atoms with Crippen LogP contribution >= 0.6 is 0 Å². The van der Waals surface area contributed by atoms with Gasteiger partial charge in [0.05, 0.1) is 0 Å². The molecule has 2 heteroatoms. The van der Waals surface area contributed by atoms with Crippen LogP contribution in [0.15, 0.2) is 17.7 Å². The zero-order chi connectivity index (χ0) is 16.1. The van der Waals surface area contributed by atoms with Crippen LogP contribution in [0.4, 0.5) is 0 Å². The summed E-state index contributed by atoms with van der Waals surface area (Å²) in [6, 6.07) is 4.87. The van der Waals surface area contributed by atoms with Crippen molar-refractivity contribution in [1.82, 2.24) is 4.98 Å². The third kappa shape index (κ3) is 2.83. The van der Waals surface area contributed by atoms with Gasteiger partial charge in [-0.25, -0.2) is 0 Å². The molecule has 0 amide bonds. The van der Waals surface area contributed by atoms with Gasteiger partial charge >= 0.3 is 0 Å². The Labute approximate surface area is 137 Å². The van der Waals surface area contributed by atoms with Crippen molar-refractivity contribution in [3.8, 4) is 0 Å². The molecule has 1 atom stereocenters. The maximum absolute atomic E-state index is 3.99. The van der Waals surface area contributed by atoms with Crippen LogP contribution in [0.2, 0.25) is 13.1 Å². The third-order valence-electron chi connectivity index (χ3n) is 5.17. The Morgan fingerprint density at radius 1 is 1.09 bits per heavy atom. The molecule has 0 saturated heterocycles. The van der Waals surface area contributed by atoms with E-state index in [2.05, 4.69) is 64.0 Å². The van der Waals surface area contributed by atoms with Gasteiger partial charge in [0, 0.05) is 11.1 Å². The van der Waals surface area contributed by atoms with Gasteiger partial charge in [-0.05, 0) is 75.6 Å². The van der Waals surface area contributed by atoms with Gasteiger partial charge in [-0.3, -0.25) is 0 Å². The second kappa shape index (κ2) is 5.35. The summed E-state index contributed by atoms with van der Waals surface area (Å²) in [7, 11) is -1.58. The summed E-state index contributed by atoms with van der Waals surface area (Å²) in [5.74, 6) is 0. The standard InChI is InChI=1S/C20H31NSi/c1-14-13-18-16-10-8-7-9-15(16)11-12-17(18)19(14)22(5,6)21-20(2,3)4/h11-13,19,21H,7-10H2,1-6H3. The van der Waals surface area contributed by atoms with Crippen molar-refractivity contribution in [3.05, 3.63) is 40.0 Å². The Hall–Kier alpha value is -0.863. The molecule has 0 aromatic heterocycles. The van der Waals surface area contributed by atoms with Crippen LogP contribution < -0.4 is 4.98 Å². The first-order valence-corrected chi connectivity index (χ1v) is 11.9. The molecule has 22 heavy (non-hydrogen) atoms. The zero-order valence-electron chi connectivity index (χ0n) is 15.1. The van der Waals surface area contributed by atoms with Gasteiger partial charge in [0.1, 0.15) is 8.24 Å². The first-order chi connectivity index (χ1) is 10.2. The van der Waals surface area contributed by atoms with Crippen molar-refractivity contribution in [2.45, 2.75) is 77.6 Å². The summed E-state index contributed by atoms with van der Waals surface area (Å²) in [6.45, 7) is 14.2. The van der Waals surface area contributed by atoms with E-state index in [1.54, 1.807) is 27.8 Å². The lowest BCUT2D eigenvalue weighted by atomic mass is 9.87. The number of aryl methyl sites for hydroxylation is 1. The van der Waals surface area contributed by atoms with E-state index in [0.29, 0.717) is 5.54 Å². The minimum absolute atomic E-state index is 0.187. The average molecular weight is 314 g/mol. The number of rotatable bonds is 2. The molecule has 1 aromatic carbocycles. The summed E-state index contributed by atoms with van der Waals surface area (Å²) >= 11 is 0. The SMILES string of the molecule is CC1=Cc2c(ccc3c2CCCC3)C1[Si](C)(C)NC(C)(C)C. The molecular formula is C20H31NSi. The van der Waals surface area contributed by atoms with Crippen LogP contribution in [-0.2, 0) is 12.8 Å². The van der Waals surface area contributed by atoms with E-state index in [4.69, 9.17) is 0 Å². The number of hydrogen-bond acceptors (Lipinski definition) is 1. The van der Waals surface area contributed by atoms with Crippen LogP contribution in [0.5, 0.6) is 0 Å². The monoisotopic (exact) mass is 313 g/mol. The largest absolute Gasteiger partial charge is 0.332 e. The van der Waals surface area contributed by atoms with E-state index in [1.807, 2.05) is 0 Å². The number of benzene rings is 1. The first kappa shape index (κ1) is 16.0. The van der Waals surface area contributed by atoms with E-state index < -0.39 is 8.24 Å². The van der Waals surface area contributed by atoms with Crippen molar-refractivity contribution in [2.75, 3.05) is 0 Å². The smallest absolute Gasteiger partial charge is 0.131 e. The quantitative estimate of drug-likeness (QED) is 0.740. The molecule has 2 aliphatic rings. The fraction of sp³-hybridized carbons (Fsp3) is 0.600. The Kier molecular flexibility index (Phi) is 3.89. The molecule has 0 heterocycles. The topological polar surface area (TPSA) is 12.0 Å². The molecule has 0 fully saturated rings. The Balaban J connectivity index is 2.03. The molecule has 2 aliphatic carbocycles. The van der Waals surface area contributed by atoms with Gasteiger partial charge in [0.25, 0.3) is 0 Å². The summed E-state index contributed by atoms with van der Waals surface area (Å²) in [6.07, 6.45) is 7.79. The molecule has 120 valence electrons. The summed E-state index contributed by atoms with van der Waals surface area (Å²) in [4.78, 5) is 3.99. The number of hydrogen-bond donors (Lipinski definition) is 1. The molecule has 3 rings (SSSR count). The van der Waals surface area contributed by atoms with Crippen molar-refractivity contribution in [2.24, 2.45) is 0 Å². The van der Waals surface area contributed by atoms with E-state index in [9.17, 15) is 0 Å². The van der Waals surface area contributed by atoms with Gasteiger partial charge in [-0.15, -0.1) is 0 Å². The minimum atomic E-state index is -1.58. The average Bonchev–Trinajstić information content (AvgIpc) is 2.73. The number of fused-ring (bicyclic) bond motifs is 3. The lowest BCUT2D eigenvalue weighted by molar-refractivity contribution is 0.508. The lowest BCUT2D eigenvalue weighted by Crippen LogP contribution is -2.58. The maximum atomic E-state index is 3.99. The molecule has 0 saturated carbocycles. The fourth-order valence-electron chi connectivity index (χ4n) is 4.85. The predicted molar refractivity (Wildman–Crippen MR) is 99.8 cm³/mol. The van der Waals surface area contributed by atoms with Gasteiger partial charge in [0.15, 0.2) is 0 Å². The van der Waals surface area contributed by atoms with Crippen LogP contribution in [0.25, 0.3) is 6.08 Å². The first-order valence-electron chi connectivity index (χ1n) is 8.81. The highest BCUT2D eigenvalue weighted by molar-refractivity contribution is 6.77. The van der Waals surface area contributed by atoms with Gasteiger partial charge in [0.2, 0.25) is 0 Å². The maximum Gasteiger partial charge on any atom is 0.131 e. The van der Waals surface area contributed by atoms with Crippen molar-refractivity contribution < 1.29 is 0 Å². The normalized spacial score (nSPS) is 21.4. The number of nitrogens with one attached hydrogen (secondary N) is 1. The summed E-state index contributed by atoms with van der Waals surface area (Å²) < 4.78 is 0. The highest BCUT2D eigenvalue weighted by Gasteiger charge is 2.41. The van der Waals surface area contributed by atoms with Crippen molar-refractivity contribution in [3.63, 3.8) is 0 Å². The van der Waals surface area contributed by atoms with Crippen LogP contribution in [-0.4, -0.2) is 13.8 Å². The van der Waals surface area contributed by atoms with E-state index in [-0.39, 0.29) is 5.54 Å². The second-order valence-electron chi connectivity index (χ2n) is 8.83. The van der Waals surface area contributed by atoms with Gasteiger partial charge < -0.3 is 4.98 Å². The summed E-state index contributed by atoms with van der Waals surface area (Å²) in [5, 5.41) is 0. The molecule has 0 spiro atoms. The minimum Gasteiger partial charge on any atom is -0.332 e. The molecule has 0 radical (unpaired) electrons. The highest BCUT2D eigenvalue weighted by atomic mass is 28.3. The lowest BCUT2D eigenvalue weighted by Gasteiger charge is -2.39. The molecule has 0 bridgehead atoms. The molecule has 1 unspecified atom stereocenters. The zero-order valence-corrected chi connectivity index (χ0v) is 16.1. The second-order valence-corrected chi connectivity index (χ2v) is 13.1. The molecule has 1 nitrogen and oxygen atoms in total. The third-order valence-corrected chi connectivity index (χ3v) is 8.77. The molecule has 0 aliphatic heterocycles. The van der Waals surface area contributed by atoms with E-state index in [0.717, 1.165) is 0 Å². The Bertz CT molecular complexity index is 619. The Morgan fingerprint density at radius 2 is 1.77 bits per heavy atom. The molecule has 1 N–H and O–H groups in total. The van der Waals surface area contributed by atoms with Crippen molar-refractivity contribution >= 4 is 14.3 Å². The molecule has 1 aromatic rings. The van der Waals surface area contributed by atoms with Crippen LogP contribution in [0.1, 0.15) is 68.3 Å². The fourth-order valence-corrected chi connectivity index (χ4v) is 9.18. The Morgan fingerprint density at radius 3 is 2.45 bits per heavy atom. The van der Waals surface area contributed by atoms with E-state index in [1.165, 1.54) is 25.7 Å². The van der Waals surface area contributed by atoms with Gasteiger partial charge in [-0.2, -0.15) is 0 Å². The summed E-state index contributed by atoms with van der Waals surface area (Å²) in [5.41, 5.74) is 8.83. The molecular weight excluding hydrogens is 282 g/mol. The highest BCUT2D eigenvalue weighted by Crippen LogP contribution is 2.44. The van der Waals surface area contributed by atoms with E-state index >= 15 is 0 Å².